The Morgan fingerprint density at radius 3 is 2.64 bits per heavy atom. The van der Waals surface area contributed by atoms with Crippen LogP contribution in [0.2, 0.25) is 10.0 Å². The zero-order valence-electron chi connectivity index (χ0n) is 24.0. The van der Waals surface area contributed by atoms with Crippen LogP contribution in [-0.4, -0.2) is 73.7 Å². The van der Waals surface area contributed by atoms with Crippen molar-refractivity contribution in [2.75, 3.05) is 25.1 Å². The van der Waals surface area contributed by atoms with Crippen LogP contribution in [0.25, 0.3) is 11.0 Å². The molecule has 3 atom stereocenters. The first-order valence-electron chi connectivity index (χ1n) is 13.6. The third kappa shape index (κ3) is 8.23. The van der Waals surface area contributed by atoms with Crippen LogP contribution >= 0.6 is 23.2 Å². The molecule has 226 valence electrons. The number of benzene rings is 2. The molecule has 1 saturated heterocycles. The second kappa shape index (κ2) is 13.4. The zero-order valence-corrected chi connectivity index (χ0v) is 26.3. The molecule has 3 aromatic rings. The number of H-pyrrole nitrogens is 1. The lowest BCUT2D eigenvalue weighted by Gasteiger charge is -2.26. The van der Waals surface area contributed by atoms with Gasteiger partial charge >= 0.3 is 6.09 Å². The summed E-state index contributed by atoms with van der Waals surface area (Å²) in [5.74, 6) is 0.187. The standard InChI is InChI=1S/C29H35Cl2N5O5S/c1-29(2,3)41-28(39)32-16-19-6-5-12-36(19)27(38)20-9-7-17(14-21(20)31)26(37)35-23(11-13-42(4)40)25-33-22-10-8-18(30)15-24(22)34-25/h7-10,14-15,19,23H,5-6,11-13,16H2,1-4H3,(H,32,39)(H,33,34)(H,35,37)/t19-,23+,42?/m1/s1. The van der Waals surface area contributed by atoms with Gasteiger partial charge in [0.05, 0.1) is 27.7 Å². The molecule has 13 heteroatoms. The van der Waals surface area contributed by atoms with Crippen LogP contribution in [0.1, 0.15) is 72.6 Å². The molecule has 1 aliphatic rings. The lowest BCUT2D eigenvalue weighted by Crippen LogP contribution is -2.44. The van der Waals surface area contributed by atoms with Gasteiger partial charge < -0.3 is 25.3 Å². The third-order valence-electron chi connectivity index (χ3n) is 6.77. The maximum atomic E-state index is 13.4. The molecule has 0 aliphatic carbocycles. The number of aromatic amines is 1. The molecule has 3 amide bonds. The summed E-state index contributed by atoms with van der Waals surface area (Å²) in [5, 5.41) is 6.39. The summed E-state index contributed by atoms with van der Waals surface area (Å²) in [6.45, 7) is 6.14. The third-order valence-corrected chi connectivity index (χ3v) is 8.13. The van der Waals surface area contributed by atoms with Gasteiger partial charge in [-0.3, -0.25) is 13.8 Å². The highest BCUT2D eigenvalue weighted by Crippen LogP contribution is 2.26. The molecule has 42 heavy (non-hydrogen) atoms. The van der Waals surface area contributed by atoms with Crippen LogP contribution in [0.3, 0.4) is 0 Å². The predicted molar refractivity (Wildman–Crippen MR) is 165 cm³/mol. The lowest BCUT2D eigenvalue weighted by atomic mass is 10.1. The van der Waals surface area contributed by atoms with Gasteiger partial charge in [-0.1, -0.05) is 23.2 Å². The van der Waals surface area contributed by atoms with E-state index in [1.807, 2.05) is 0 Å². The highest BCUT2D eigenvalue weighted by molar-refractivity contribution is 7.84. The molecule has 3 N–H and O–H groups in total. The number of nitrogens with zero attached hydrogens (tertiary/aromatic N) is 2. The van der Waals surface area contributed by atoms with Gasteiger partial charge in [-0.25, -0.2) is 9.78 Å². The van der Waals surface area contributed by atoms with Crippen LogP contribution < -0.4 is 10.6 Å². The zero-order chi connectivity index (χ0) is 30.6. The smallest absolute Gasteiger partial charge is 0.407 e. The Labute approximate surface area is 257 Å². The van der Waals surface area contributed by atoms with Crippen molar-refractivity contribution < 1.29 is 23.3 Å². The SMILES string of the molecule is CS(=O)CC[C@H](NC(=O)c1ccc(C(=O)N2CCC[C@@H]2CNC(=O)OC(C)(C)C)c(Cl)c1)c1nc2ccc(Cl)cc2[nH]1. The number of likely N-dealkylation sites (tertiary alicyclic amines) is 1. The van der Waals surface area contributed by atoms with Crippen LogP contribution in [0.4, 0.5) is 4.79 Å². The molecule has 1 fully saturated rings. The number of amides is 3. The van der Waals surface area contributed by atoms with E-state index in [2.05, 4.69) is 20.6 Å². The summed E-state index contributed by atoms with van der Waals surface area (Å²) in [6, 6.07) is 9.06. The van der Waals surface area contributed by atoms with Gasteiger partial charge in [0.25, 0.3) is 11.8 Å². The molecule has 0 spiro atoms. The Morgan fingerprint density at radius 2 is 1.95 bits per heavy atom. The van der Waals surface area contributed by atoms with Gasteiger partial charge in [0.2, 0.25) is 0 Å². The van der Waals surface area contributed by atoms with Crippen LogP contribution in [0.5, 0.6) is 0 Å². The minimum Gasteiger partial charge on any atom is -0.444 e. The van der Waals surface area contributed by atoms with Gasteiger partial charge in [-0.05, 0) is 76.4 Å². The van der Waals surface area contributed by atoms with E-state index in [4.69, 9.17) is 27.9 Å². The number of carbonyl (C=O) groups excluding carboxylic acids is 3. The van der Waals surface area contributed by atoms with Crippen molar-refractivity contribution in [2.24, 2.45) is 0 Å². The molecule has 0 saturated carbocycles. The Bertz CT molecular complexity index is 1510. The predicted octanol–water partition coefficient (Wildman–Crippen LogP) is 5.24. The van der Waals surface area contributed by atoms with Crippen molar-refractivity contribution in [3.8, 4) is 0 Å². The second-order valence-corrected chi connectivity index (χ2v) is 13.6. The van der Waals surface area contributed by atoms with Gasteiger partial charge in [0.1, 0.15) is 11.4 Å². The van der Waals surface area contributed by atoms with Gasteiger partial charge in [0.15, 0.2) is 0 Å². The van der Waals surface area contributed by atoms with E-state index in [9.17, 15) is 18.6 Å². The number of carbonyl (C=O) groups is 3. The summed E-state index contributed by atoms with van der Waals surface area (Å²) in [6.07, 6.45) is 2.98. The maximum absolute atomic E-state index is 13.4. The normalized spacial score (nSPS) is 16.7. The van der Waals surface area contributed by atoms with Crippen molar-refractivity contribution in [3.63, 3.8) is 0 Å². The molecule has 0 bridgehead atoms. The molecule has 10 nitrogen and oxygen atoms in total. The number of ether oxygens (including phenoxy) is 1. The molecular formula is C29H35Cl2N5O5S. The fourth-order valence-electron chi connectivity index (χ4n) is 4.78. The largest absolute Gasteiger partial charge is 0.444 e. The molecule has 1 aromatic heterocycles. The van der Waals surface area contributed by atoms with Crippen molar-refractivity contribution in [3.05, 3.63) is 63.4 Å². The Balaban J connectivity index is 1.46. The van der Waals surface area contributed by atoms with E-state index < -0.39 is 34.4 Å². The highest BCUT2D eigenvalue weighted by Gasteiger charge is 2.31. The molecule has 0 radical (unpaired) electrons. The quantitative estimate of drug-likeness (QED) is 0.294. The topological polar surface area (TPSA) is 133 Å². The Morgan fingerprint density at radius 1 is 1.19 bits per heavy atom. The number of rotatable bonds is 9. The van der Waals surface area contributed by atoms with Crippen molar-refractivity contribution in [1.82, 2.24) is 25.5 Å². The first-order valence-corrected chi connectivity index (χ1v) is 16.1. The molecular weight excluding hydrogens is 601 g/mol. The fourth-order valence-corrected chi connectivity index (χ4v) is 5.79. The van der Waals surface area contributed by atoms with Gasteiger partial charge in [0, 0.05) is 52.5 Å². The number of alkyl carbamates (subject to hydrolysis) is 1. The first-order chi connectivity index (χ1) is 19.8. The average molecular weight is 637 g/mol. The van der Waals surface area contributed by atoms with E-state index in [0.29, 0.717) is 35.1 Å². The number of hydrogen-bond donors (Lipinski definition) is 3. The maximum Gasteiger partial charge on any atom is 0.407 e. The fraction of sp³-hybridized carbons (Fsp3) is 0.448. The number of hydrogen-bond acceptors (Lipinski definition) is 6. The molecule has 2 heterocycles. The van der Waals surface area contributed by atoms with Crippen molar-refractivity contribution in [1.29, 1.82) is 0 Å². The van der Waals surface area contributed by atoms with Gasteiger partial charge in [-0.2, -0.15) is 0 Å². The summed E-state index contributed by atoms with van der Waals surface area (Å²) < 4.78 is 17.1. The summed E-state index contributed by atoms with van der Waals surface area (Å²) >= 11 is 12.6. The van der Waals surface area contributed by atoms with Crippen LogP contribution in [0.15, 0.2) is 36.4 Å². The second-order valence-electron chi connectivity index (χ2n) is 11.2. The van der Waals surface area contributed by atoms with E-state index in [-0.39, 0.29) is 34.6 Å². The van der Waals surface area contributed by atoms with Crippen molar-refractivity contribution in [2.45, 2.75) is 57.7 Å². The number of aromatic nitrogens is 2. The monoisotopic (exact) mass is 635 g/mol. The first kappa shape index (κ1) is 31.8. The van der Waals surface area contributed by atoms with E-state index in [0.717, 1.165) is 18.4 Å². The van der Waals surface area contributed by atoms with E-state index >= 15 is 0 Å². The van der Waals surface area contributed by atoms with Gasteiger partial charge in [-0.15, -0.1) is 0 Å². The molecule has 1 unspecified atom stereocenters. The molecule has 2 aromatic carbocycles. The Hall–Kier alpha value is -3.15. The average Bonchev–Trinajstić information content (AvgIpc) is 3.55. The van der Waals surface area contributed by atoms with Crippen LogP contribution in [0, 0.1) is 0 Å². The van der Waals surface area contributed by atoms with Crippen molar-refractivity contribution >= 4 is 62.9 Å². The lowest BCUT2D eigenvalue weighted by molar-refractivity contribution is 0.0501. The highest BCUT2D eigenvalue weighted by atomic mass is 35.5. The van der Waals surface area contributed by atoms with E-state index in [1.54, 1.807) is 56.2 Å². The number of fused-ring (bicyclic) bond motifs is 1. The minimum atomic E-state index is -1.07. The summed E-state index contributed by atoms with van der Waals surface area (Å²) in [5.41, 5.74) is 1.33. The summed E-state index contributed by atoms with van der Waals surface area (Å²) in [7, 11) is -1.07. The summed E-state index contributed by atoms with van der Waals surface area (Å²) in [4.78, 5) is 48.2. The minimum absolute atomic E-state index is 0.142. The van der Waals surface area contributed by atoms with E-state index in [1.165, 1.54) is 12.1 Å². The number of nitrogens with one attached hydrogen (secondary N) is 3. The number of imidazole rings is 1. The number of halogens is 2. The molecule has 4 rings (SSSR count). The van der Waals surface area contributed by atoms with Crippen LogP contribution in [-0.2, 0) is 15.5 Å². The Kier molecular flexibility index (Phi) is 10.2. The molecule has 1 aliphatic heterocycles.